The highest BCUT2D eigenvalue weighted by molar-refractivity contribution is 7.71. The Hall–Kier alpha value is -1.69. The summed E-state index contributed by atoms with van der Waals surface area (Å²) in [7, 11) is 0. The van der Waals surface area contributed by atoms with Crippen molar-refractivity contribution < 1.29 is 13.9 Å². The maximum Gasteiger partial charge on any atom is 0.328 e. The van der Waals surface area contributed by atoms with Crippen LogP contribution in [0.1, 0.15) is 19.9 Å². The zero-order chi connectivity index (χ0) is 13.3. The predicted octanol–water partition coefficient (Wildman–Crippen LogP) is 2.96. The minimum absolute atomic E-state index is 0.299. The number of imidazole rings is 1. The van der Waals surface area contributed by atoms with Crippen molar-refractivity contribution in [3.63, 3.8) is 0 Å². The summed E-state index contributed by atoms with van der Waals surface area (Å²) < 4.78 is 20.4. The molecule has 0 aliphatic carbocycles. The third-order valence-electron chi connectivity index (χ3n) is 2.72. The Morgan fingerprint density at radius 2 is 2.33 bits per heavy atom. The smallest absolute Gasteiger partial charge is 0.328 e. The Labute approximate surface area is 108 Å². The van der Waals surface area contributed by atoms with Crippen LogP contribution < -0.4 is 0 Å². The van der Waals surface area contributed by atoms with Gasteiger partial charge in [-0.25, -0.2) is 9.18 Å². The summed E-state index contributed by atoms with van der Waals surface area (Å²) in [6.07, 6.45) is 0. The molecule has 2 rings (SSSR count). The van der Waals surface area contributed by atoms with Crippen LogP contribution in [0.5, 0.6) is 0 Å². The number of nitrogens with one attached hydrogen (secondary N) is 1. The number of carbonyl (C=O) groups is 1. The van der Waals surface area contributed by atoms with E-state index in [1.165, 1.54) is 6.07 Å². The zero-order valence-electron chi connectivity index (χ0n) is 10.1. The first-order chi connectivity index (χ1) is 8.56. The minimum atomic E-state index is -0.590. The molecule has 1 atom stereocenters. The number of H-pyrrole nitrogens is 1. The Bertz CT molecular complexity index is 647. The molecule has 6 heteroatoms. The zero-order valence-corrected chi connectivity index (χ0v) is 10.9. The molecule has 4 nitrogen and oxygen atoms in total. The van der Waals surface area contributed by atoms with E-state index in [1.54, 1.807) is 30.5 Å². The molecule has 2 aromatic rings. The molecule has 0 saturated heterocycles. The molecule has 18 heavy (non-hydrogen) atoms. The number of esters is 1. The van der Waals surface area contributed by atoms with Crippen LogP contribution >= 0.6 is 12.2 Å². The molecule has 1 aromatic carbocycles. The highest BCUT2D eigenvalue weighted by Gasteiger charge is 2.20. The van der Waals surface area contributed by atoms with Gasteiger partial charge in [0.15, 0.2) is 4.77 Å². The van der Waals surface area contributed by atoms with Gasteiger partial charge >= 0.3 is 5.97 Å². The largest absolute Gasteiger partial charge is 0.464 e. The third kappa shape index (κ3) is 2.03. The van der Waals surface area contributed by atoms with Crippen molar-refractivity contribution in [2.75, 3.05) is 6.61 Å². The van der Waals surface area contributed by atoms with Crippen molar-refractivity contribution in [2.24, 2.45) is 0 Å². The summed E-state index contributed by atoms with van der Waals surface area (Å²) in [5, 5.41) is 0. The van der Waals surface area contributed by atoms with Crippen LogP contribution in [-0.4, -0.2) is 22.1 Å². The first-order valence-corrected chi connectivity index (χ1v) is 6.02. The van der Waals surface area contributed by atoms with Crippen LogP contribution in [0, 0.1) is 10.6 Å². The van der Waals surface area contributed by atoms with Gasteiger partial charge in [0.05, 0.1) is 12.1 Å². The van der Waals surface area contributed by atoms with Gasteiger partial charge in [-0.1, -0.05) is 6.07 Å². The van der Waals surface area contributed by atoms with E-state index in [0.717, 1.165) is 0 Å². The molecule has 0 bridgehead atoms. The highest BCUT2D eigenvalue weighted by Crippen LogP contribution is 2.21. The lowest BCUT2D eigenvalue weighted by atomic mass is 10.2. The third-order valence-corrected chi connectivity index (χ3v) is 3.02. The predicted molar refractivity (Wildman–Crippen MR) is 68.4 cm³/mol. The fourth-order valence-corrected chi connectivity index (χ4v) is 2.23. The van der Waals surface area contributed by atoms with Crippen molar-refractivity contribution in [1.29, 1.82) is 0 Å². The minimum Gasteiger partial charge on any atom is -0.464 e. The second kappa shape index (κ2) is 4.89. The Kier molecular flexibility index (Phi) is 3.47. The van der Waals surface area contributed by atoms with Gasteiger partial charge in [0, 0.05) is 0 Å². The van der Waals surface area contributed by atoms with Gasteiger partial charge in [-0.15, -0.1) is 0 Å². The Morgan fingerprint density at radius 1 is 1.61 bits per heavy atom. The van der Waals surface area contributed by atoms with E-state index in [-0.39, 0.29) is 0 Å². The van der Waals surface area contributed by atoms with E-state index >= 15 is 0 Å². The number of para-hydroxylation sites is 1. The number of aromatic nitrogens is 2. The lowest BCUT2D eigenvalue weighted by molar-refractivity contribution is -0.146. The fraction of sp³-hybridized carbons (Fsp3) is 0.333. The normalized spacial score (nSPS) is 12.6. The summed E-state index contributed by atoms with van der Waals surface area (Å²) in [6, 6.07) is 4.04. The SMILES string of the molecule is CCOC(=O)C(C)n1c(=S)[nH]c2c(F)cccc21. The van der Waals surface area contributed by atoms with Crippen molar-refractivity contribution in [3.05, 3.63) is 28.8 Å². The highest BCUT2D eigenvalue weighted by atomic mass is 32.1. The molecule has 1 heterocycles. The van der Waals surface area contributed by atoms with Gasteiger partial charge in [0.2, 0.25) is 0 Å². The summed E-state index contributed by atoms with van der Waals surface area (Å²) in [6.45, 7) is 3.71. The maximum absolute atomic E-state index is 13.6. The molecule has 0 aliphatic rings. The second-order valence-corrected chi connectivity index (χ2v) is 4.25. The van der Waals surface area contributed by atoms with Gasteiger partial charge in [0.1, 0.15) is 17.4 Å². The molecule has 1 N–H and O–H groups in total. The van der Waals surface area contributed by atoms with Gasteiger partial charge < -0.3 is 14.3 Å². The summed E-state index contributed by atoms with van der Waals surface area (Å²) in [5.41, 5.74) is 0.860. The van der Waals surface area contributed by atoms with E-state index in [4.69, 9.17) is 17.0 Å². The van der Waals surface area contributed by atoms with Crippen LogP contribution in [0.15, 0.2) is 18.2 Å². The number of hydrogen-bond donors (Lipinski definition) is 1. The van der Waals surface area contributed by atoms with E-state index in [9.17, 15) is 9.18 Å². The number of benzene rings is 1. The standard InChI is InChI=1S/C12H13FN2O2S/c1-3-17-11(16)7(2)15-9-6-4-5-8(13)10(9)14-12(15)18/h4-7H,3H2,1-2H3,(H,14,18). The topological polar surface area (TPSA) is 47.0 Å². The Balaban J connectivity index is 2.57. The molecular weight excluding hydrogens is 255 g/mol. The number of halogens is 1. The van der Waals surface area contributed by atoms with E-state index < -0.39 is 17.8 Å². The monoisotopic (exact) mass is 268 g/mol. The molecule has 0 spiro atoms. The number of carbonyl (C=O) groups excluding carboxylic acids is 1. The maximum atomic E-state index is 13.6. The molecule has 0 radical (unpaired) electrons. The molecule has 0 amide bonds. The molecule has 96 valence electrons. The van der Waals surface area contributed by atoms with E-state index in [1.807, 2.05) is 0 Å². The summed E-state index contributed by atoms with van der Waals surface area (Å²) in [5.74, 6) is -0.785. The van der Waals surface area contributed by atoms with Gasteiger partial charge in [-0.05, 0) is 38.2 Å². The van der Waals surface area contributed by atoms with Crippen LogP contribution in [0.25, 0.3) is 11.0 Å². The number of nitrogens with zero attached hydrogens (tertiary/aromatic N) is 1. The number of hydrogen-bond acceptors (Lipinski definition) is 3. The number of ether oxygens (including phenoxy) is 1. The van der Waals surface area contributed by atoms with Crippen LogP contribution in [0.2, 0.25) is 0 Å². The van der Waals surface area contributed by atoms with Crippen molar-refractivity contribution >= 4 is 29.2 Å². The number of aromatic amines is 1. The van der Waals surface area contributed by atoms with E-state index in [0.29, 0.717) is 22.4 Å². The molecule has 1 aromatic heterocycles. The molecule has 0 fully saturated rings. The van der Waals surface area contributed by atoms with Crippen molar-refractivity contribution in [1.82, 2.24) is 9.55 Å². The average Bonchev–Trinajstić information content (AvgIpc) is 2.66. The average molecular weight is 268 g/mol. The molecule has 0 aliphatic heterocycles. The van der Waals surface area contributed by atoms with Gasteiger partial charge in [-0.2, -0.15) is 0 Å². The second-order valence-electron chi connectivity index (χ2n) is 3.86. The lowest BCUT2D eigenvalue weighted by Crippen LogP contribution is -2.19. The van der Waals surface area contributed by atoms with Crippen molar-refractivity contribution in [3.8, 4) is 0 Å². The summed E-state index contributed by atoms with van der Waals surface area (Å²) >= 11 is 5.13. The quantitative estimate of drug-likeness (QED) is 0.687. The first kappa shape index (κ1) is 12.8. The molecule has 1 unspecified atom stereocenters. The first-order valence-electron chi connectivity index (χ1n) is 5.61. The van der Waals surface area contributed by atoms with Crippen LogP contribution in [0.3, 0.4) is 0 Å². The Morgan fingerprint density at radius 3 is 3.00 bits per heavy atom. The number of fused-ring (bicyclic) bond motifs is 1. The lowest BCUT2D eigenvalue weighted by Gasteiger charge is -2.12. The van der Waals surface area contributed by atoms with Crippen LogP contribution in [0.4, 0.5) is 4.39 Å². The molecule has 0 saturated carbocycles. The summed E-state index contributed by atoms with van der Waals surface area (Å²) in [4.78, 5) is 14.5. The number of rotatable bonds is 3. The fourth-order valence-electron chi connectivity index (χ4n) is 1.87. The molecular formula is C12H13FN2O2S. The van der Waals surface area contributed by atoms with E-state index in [2.05, 4.69) is 4.98 Å². The van der Waals surface area contributed by atoms with Gasteiger partial charge in [-0.3, -0.25) is 0 Å². The van der Waals surface area contributed by atoms with Crippen molar-refractivity contribution in [2.45, 2.75) is 19.9 Å². The van der Waals surface area contributed by atoms with Crippen LogP contribution in [-0.2, 0) is 9.53 Å². The van der Waals surface area contributed by atoms with Gasteiger partial charge in [0.25, 0.3) is 0 Å².